The fourth-order valence-corrected chi connectivity index (χ4v) is 2.98. The molecule has 0 aliphatic heterocycles. The fraction of sp³-hybridized carbons (Fsp3) is 0.368. The molecule has 8 nitrogen and oxygen atoms in total. The number of amides is 2. The van der Waals surface area contributed by atoms with Gasteiger partial charge in [0.25, 0.3) is 0 Å². The topological polar surface area (TPSA) is 110 Å². The van der Waals surface area contributed by atoms with Crippen LogP contribution in [0.25, 0.3) is 11.1 Å². The SMILES string of the molecule is Cc1cc(NC(=O)CSCC(=O)Nc2ccc3oc(C(C)(C)C)nc3c2)no1. The second kappa shape index (κ2) is 8.05. The Morgan fingerprint density at radius 2 is 1.82 bits per heavy atom. The highest BCUT2D eigenvalue weighted by Crippen LogP contribution is 2.27. The number of thioether (sulfide) groups is 1. The number of hydrogen-bond donors (Lipinski definition) is 2. The van der Waals surface area contributed by atoms with Crippen molar-refractivity contribution in [3.8, 4) is 0 Å². The lowest BCUT2D eigenvalue weighted by atomic mass is 9.97. The van der Waals surface area contributed by atoms with Gasteiger partial charge in [0.15, 0.2) is 11.4 Å². The summed E-state index contributed by atoms with van der Waals surface area (Å²) in [6.07, 6.45) is 0. The molecule has 3 rings (SSSR count). The minimum absolute atomic E-state index is 0.136. The van der Waals surface area contributed by atoms with Crippen LogP contribution < -0.4 is 10.6 Å². The number of aryl methyl sites for hydroxylation is 1. The van der Waals surface area contributed by atoms with Crippen LogP contribution >= 0.6 is 11.8 Å². The quantitative estimate of drug-likeness (QED) is 0.646. The van der Waals surface area contributed by atoms with Gasteiger partial charge >= 0.3 is 0 Å². The van der Waals surface area contributed by atoms with Crippen LogP contribution in [0.15, 0.2) is 33.2 Å². The molecule has 0 saturated carbocycles. The van der Waals surface area contributed by atoms with Crippen molar-refractivity contribution in [2.45, 2.75) is 33.1 Å². The Balaban J connectivity index is 1.49. The molecule has 2 heterocycles. The standard InChI is InChI=1S/C19H22N4O4S/c1-11-7-15(23-27-11)22-17(25)10-28-9-16(24)20-12-5-6-14-13(8-12)21-18(26-14)19(2,3)4/h5-8H,9-10H2,1-4H3,(H,20,24)(H,22,23,25). The lowest BCUT2D eigenvalue weighted by Crippen LogP contribution is -2.18. The number of carbonyl (C=O) groups excluding carboxylic acids is 2. The summed E-state index contributed by atoms with van der Waals surface area (Å²) in [4.78, 5) is 28.4. The fourth-order valence-electron chi connectivity index (χ4n) is 2.36. The molecule has 0 bridgehead atoms. The van der Waals surface area contributed by atoms with E-state index < -0.39 is 0 Å². The summed E-state index contributed by atoms with van der Waals surface area (Å²) in [6.45, 7) is 7.81. The first-order valence-corrected chi connectivity index (χ1v) is 9.88. The molecule has 0 fully saturated rings. The first-order valence-electron chi connectivity index (χ1n) is 8.72. The molecule has 0 spiro atoms. The summed E-state index contributed by atoms with van der Waals surface area (Å²) >= 11 is 1.21. The van der Waals surface area contributed by atoms with Crippen LogP contribution in [0.1, 0.15) is 32.4 Å². The van der Waals surface area contributed by atoms with Gasteiger partial charge in [-0.2, -0.15) is 0 Å². The van der Waals surface area contributed by atoms with Crippen molar-refractivity contribution in [1.29, 1.82) is 0 Å². The Bertz CT molecular complexity index is 1000. The third kappa shape index (κ3) is 5.13. The van der Waals surface area contributed by atoms with Gasteiger partial charge in [0, 0.05) is 17.2 Å². The average Bonchev–Trinajstić information content (AvgIpc) is 3.20. The zero-order valence-corrected chi connectivity index (χ0v) is 17.0. The minimum atomic E-state index is -0.246. The third-order valence-electron chi connectivity index (χ3n) is 3.67. The summed E-state index contributed by atoms with van der Waals surface area (Å²) in [5.41, 5.74) is 1.81. The highest BCUT2D eigenvalue weighted by Gasteiger charge is 2.21. The van der Waals surface area contributed by atoms with Crippen LogP contribution in [0.5, 0.6) is 0 Å². The van der Waals surface area contributed by atoms with Gasteiger partial charge in [-0.25, -0.2) is 4.98 Å². The molecule has 0 saturated heterocycles. The van der Waals surface area contributed by atoms with Crippen LogP contribution in [-0.2, 0) is 15.0 Å². The molecular weight excluding hydrogens is 380 g/mol. The molecular formula is C19H22N4O4S. The summed E-state index contributed by atoms with van der Waals surface area (Å²) in [5.74, 6) is 1.46. The van der Waals surface area contributed by atoms with E-state index in [1.54, 1.807) is 31.2 Å². The lowest BCUT2D eigenvalue weighted by Gasteiger charge is -2.11. The van der Waals surface area contributed by atoms with Gasteiger partial charge < -0.3 is 19.6 Å². The number of rotatable bonds is 6. The zero-order chi connectivity index (χ0) is 20.3. The molecule has 0 unspecified atom stereocenters. The molecule has 148 valence electrons. The molecule has 2 aromatic heterocycles. The lowest BCUT2D eigenvalue weighted by molar-refractivity contribution is -0.114. The summed E-state index contributed by atoms with van der Waals surface area (Å²) in [5, 5.41) is 9.10. The van der Waals surface area contributed by atoms with Crippen molar-refractivity contribution >= 4 is 46.2 Å². The van der Waals surface area contributed by atoms with E-state index >= 15 is 0 Å². The van der Waals surface area contributed by atoms with Crippen LogP contribution in [0, 0.1) is 6.92 Å². The van der Waals surface area contributed by atoms with Crippen molar-refractivity contribution in [1.82, 2.24) is 10.1 Å². The van der Waals surface area contributed by atoms with E-state index in [-0.39, 0.29) is 28.7 Å². The number of aromatic nitrogens is 2. The van der Waals surface area contributed by atoms with Gasteiger partial charge in [-0.05, 0) is 25.1 Å². The van der Waals surface area contributed by atoms with Gasteiger partial charge in [-0.1, -0.05) is 25.9 Å². The third-order valence-corrected chi connectivity index (χ3v) is 4.61. The second-order valence-corrected chi connectivity index (χ2v) is 8.35. The Labute approximate surface area is 166 Å². The predicted octanol–water partition coefficient (Wildman–Crippen LogP) is 3.73. The van der Waals surface area contributed by atoms with E-state index in [4.69, 9.17) is 8.94 Å². The number of oxazole rings is 1. The molecule has 0 aliphatic carbocycles. The highest BCUT2D eigenvalue weighted by atomic mass is 32.2. The maximum Gasteiger partial charge on any atom is 0.235 e. The smallest absolute Gasteiger partial charge is 0.235 e. The molecule has 0 radical (unpaired) electrons. The first-order chi connectivity index (χ1) is 13.2. The maximum absolute atomic E-state index is 12.1. The van der Waals surface area contributed by atoms with Crippen molar-refractivity contribution in [2.24, 2.45) is 0 Å². The largest absolute Gasteiger partial charge is 0.440 e. The number of anilines is 2. The Morgan fingerprint density at radius 3 is 2.46 bits per heavy atom. The molecule has 0 atom stereocenters. The number of benzene rings is 1. The van der Waals surface area contributed by atoms with E-state index in [1.165, 1.54) is 11.8 Å². The van der Waals surface area contributed by atoms with Crippen molar-refractivity contribution in [2.75, 3.05) is 22.1 Å². The molecule has 3 aromatic rings. The van der Waals surface area contributed by atoms with Gasteiger partial charge in [0.2, 0.25) is 17.7 Å². The monoisotopic (exact) mass is 402 g/mol. The minimum Gasteiger partial charge on any atom is -0.440 e. The normalized spacial score (nSPS) is 11.6. The molecule has 2 N–H and O–H groups in total. The Hall–Kier alpha value is -2.81. The van der Waals surface area contributed by atoms with E-state index in [9.17, 15) is 9.59 Å². The van der Waals surface area contributed by atoms with Crippen LogP contribution in [0.3, 0.4) is 0 Å². The molecule has 9 heteroatoms. The number of nitrogens with one attached hydrogen (secondary N) is 2. The van der Waals surface area contributed by atoms with Crippen LogP contribution in [-0.4, -0.2) is 33.5 Å². The predicted molar refractivity (Wildman–Crippen MR) is 109 cm³/mol. The maximum atomic E-state index is 12.1. The molecule has 28 heavy (non-hydrogen) atoms. The number of fused-ring (bicyclic) bond motifs is 1. The van der Waals surface area contributed by atoms with E-state index in [0.717, 1.165) is 0 Å². The van der Waals surface area contributed by atoms with Crippen molar-refractivity contribution < 1.29 is 18.5 Å². The van der Waals surface area contributed by atoms with Gasteiger partial charge in [0.05, 0.1) is 11.5 Å². The van der Waals surface area contributed by atoms with Gasteiger partial charge in [-0.3, -0.25) is 9.59 Å². The summed E-state index contributed by atoms with van der Waals surface area (Å²) in [6, 6.07) is 6.95. The van der Waals surface area contributed by atoms with E-state index in [1.807, 2.05) is 20.8 Å². The second-order valence-electron chi connectivity index (χ2n) is 7.36. The molecule has 1 aromatic carbocycles. The van der Waals surface area contributed by atoms with Crippen molar-refractivity contribution in [3.63, 3.8) is 0 Å². The average molecular weight is 402 g/mol. The molecule has 2 amide bonds. The highest BCUT2D eigenvalue weighted by molar-refractivity contribution is 8.00. The van der Waals surface area contributed by atoms with Crippen LogP contribution in [0.2, 0.25) is 0 Å². The Morgan fingerprint density at radius 1 is 1.11 bits per heavy atom. The van der Waals surface area contributed by atoms with Gasteiger partial charge in [0.1, 0.15) is 11.3 Å². The number of hydrogen-bond acceptors (Lipinski definition) is 7. The van der Waals surface area contributed by atoms with Gasteiger partial charge in [-0.15, -0.1) is 11.8 Å². The zero-order valence-electron chi connectivity index (χ0n) is 16.2. The summed E-state index contributed by atoms with van der Waals surface area (Å²) < 4.78 is 10.6. The summed E-state index contributed by atoms with van der Waals surface area (Å²) in [7, 11) is 0. The molecule has 0 aliphatic rings. The van der Waals surface area contributed by atoms with E-state index in [0.29, 0.717) is 34.3 Å². The van der Waals surface area contributed by atoms with Crippen LogP contribution in [0.4, 0.5) is 11.5 Å². The van der Waals surface area contributed by atoms with Crippen molar-refractivity contribution in [3.05, 3.63) is 35.9 Å². The van der Waals surface area contributed by atoms with E-state index in [2.05, 4.69) is 20.8 Å². The number of carbonyl (C=O) groups is 2. The Kier molecular flexibility index (Phi) is 5.73. The first kappa shape index (κ1) is 19.9. The number of nitrogens with zero attached hydrogens (tertiary/aromatic N) is 2.